The average molecular weight is 492 g/mol. The summed E-state index contributed by atoms with van der Waals surface area (Å²) >= 11 is 1.36. The second-order valence-electron chi connectivity index (χ2n) is 8.39. The summed E-state index contributed by atoms with van der Waals surface area (Å²) in [5.74, 6) is 0.795. The Morgan fingerprint density at radius 2 is 1.58 bits per heavy atom. The van der Waals surface area contributed by atoms with Gasteiger partial charge in [0.2, 0.25) is 5.91 Å². The van der Waals surface area contributed by atoms with Gasteiger partial charge in [0.25, 0.3) is 0 Å². The Kier molecular flexibility index (Phi) is 6.91. The number of hydrogen-bond acceptors (Lipinski definition) is 5. The molecule has 1 N–H and O–H groups in total. The van der Waals surface area contributed by atoms with Crippen LogP contribution in [0.5, 0.6) is 0 Å². The molecule has 0 saturated heterocycles. The molecular weight excluding hydrogens is 466 g/mol. The number of aromatic nitrogens is 4. The molecular formula is C29H25N5OS. The Balaban J connectivity index is 1.40. The Labute approximate surface area is 214 Å². The molecule has 5 rings (SSSR count). The number of nitrogens with one attached hydrogen (secondary N) is 1. The summed E-state index contributed by atoms with van der Waals surface area (Å²) in [6, 6.07) is 27.9. The second-order valence-corrected chi connectivity index (χ2v) is 9.34. The van der Waals surface area contributed by atoms with Gasteiger partial charge in [0.05, 0.1) is 11.4 Å². The van der Waals surface area contributed by atoms with E-state index in [1.54, 1.807) is 12.4 Å². The number of hydrogen-bond donors (Lipinski definition) is 1. The van der Waals surface area contributed by atoms with Crippen LogP contribution in [0.3, 0.4) is 0 Å². The van der Waals surface area contributed by atoms with Crippen LogP contribution in [-0.2, 0) is 4.79 Å². The van der Waals surface area contributed by atoms with E-state index in [2.05, 4.69) is 52.5 Å². The van der Waals surface area contributed by atoms with Crippen LogP contribution in [0.15, 0.2) is 102 Å². The van der Waals surface area contributed by atoms with Gasteiger partial charge in [-0.1, -0.05) is 66.4 Å². The van der Waals surface area contributed by atoms with E-state index in [0.29, 0.717) is 11.0 Å². The number of nitrogens with zero attached hydrogens (tertiary/aromatic N) is 4. The maximum atomic E-state index is 13.0. The monoisotopic (exact) mass is 491 g/mol. The average Bonchev–Trinajstić information content (AvgIpc) is 3.34. The van der Waals surface area contributed by atoms with Crippen LogP contribution in [0, 0.1) is 13.8 Å². The van der Waals surface area contributed by atoms with Crippen molar-refractivity contribution in [3.63, 3.8) is 0 Å². The summed E-state index contributed by atoms with van der Waals surface area (Å²) in [5, 5.41) is 12.6. The molecule has 178 valence electrons. The summed E-state index contributed by atoms with van der Waals surface area (Å²) in [7, 11) is 0. The fourth-order valence-corrected chi connectivity index (χ4v) is 4.68. The molecule has 2 heterocycles. The van der Waals surface area contributed by atoms with E-state index in [1.807, 2.05) is 71.3 Å². The van der Waals surface area contributed by atoms with Crippen molar-refractivity contribution >= 4 is 23.4 Å². The Hall–Kier alpha value is -4.23. The first-order chi connectivity index (χ1) is 17.6. The van der Waals surface area contributed by atoms with E-state index in [1.165, 1.54) is 22.9 Å². The summed E-state index contributed by atoms with van der Waals surface area (Å²) in [5.41, 5.74) is 7.06. The first kappa shape index (κ1) is 23.5. The van der Waals surface area contributed by atoms with Gasteiger partial charge in [-0.25, -0.2) is 0 Å². The molecule has 0 spiro atoms. The van der Waals surface area contributed by atoms with Gasteiger partial charge in [0.15, 0.2) is 11.0 Å². The molecule has 0 fully saturated rings. The lowest BCUT2D eigenvalue weighted by atomic mass is 10.0. The standard InChI is InChI=1S/C29H25N5OS/c1-20-12-13-24(18-21(20)2)34-28(23-14-16-30-17-15-23)32-33-29(34)36-19-27(35)31-26-11-7-6-10-25(26)22-8-4-3-5-9-22/h3-18H,19H2,1-2H3,(H,31,35). The summed E-state index contributed by atoms with van der Waals surface area (Å²) in [6.45, 7) is 4.17. The van der Waals surface area contributed by atoms with Crippen LogP contribution in [0.1, 0.15) is 11.1 Å². The lowest BCUT2D eigenvalue weighted by molar-refractivity contribution is -0.113. The third-order valence-corrected chi connectivity index (χ3v) is 6.87. The number of carbonyl (C=O) groups is 1. The van der Waals surface area contributed by atoms with E-state index in [0.717, 1.165) is 28.1 Å². The highest BCUT2D eigenvalue weighted by molar-refractivity contribution is 7.99. The minimum absolute atomic E-state index is 0.108. The lowest BCUT2D eigenvalue weighted by Crippen LogP contribution is -2.15. The SMILES string of the molecule is Cc1ccc(-n2c(SCC(=O)Nc3ccccc3-c3ccccc3)nnc2-c2ccncc2)cc1C. The van der Waals surface area contributed by atoms with Gasteiger partial charge in [-0.3, -0.25) is 14.3 Å². The zero-order valence-electron chi connectivity index (χ0n) is 20.1. The molecule has 36 heavy (non-hydrogen) atoms. The van der Waals surface area contributed by atoms with Gasteiger partial charge < -0.3 is 5.32 Å². The van der Waals surface area contributed by atoms with Crippen molar-refractivity contribution < 1.29 is 4.79 Å². The number of pyridine rings is 1. The maximum absolute atomic E-state index is 13.0. The molecule has 1 amide bonds. The highest BCUT2D eigenvalue weighted by atomic mass is 32.2. The largest absolute Gasteiger partial charge is 0.325 e. The van der Waals surface area contributed by atoms with Crippen molar-refractivity contribution in [3.8, 4) is 28.2 Å². The van der Waals surface area contributed by atoms with Crippen LogP contribution >= 0.6 is 11.8 Å². The number of carbonyl (C=O) groups excluding carboxylic acids is 1. The second kappa shape index (κ2) is 10.6. The molecule has 0 radical (unpaired) electrons. The van der Waals surface area contributed by atoms with Gasteiger partial charge in [-0.15, -0.1) is 10.2 Å². The van der Waals surface area contributed by atoms with Crippen LogP contribution in [-0.4, -0.2) is 31.4 Å². The predicted octanol–water partition coefficient (Wildman–Crippen LogP) is 6.34. The first-order valence-electron chi connectivity index (χ1n) is 11.6. The normalized spacial score (nSPS) is 10.8. The van der Waals surface area contributed by atoms with Gasteiger partial charge in [0, 0.05) is 29.2 Å². The van der Waals surface area contributed by atoms with Crippen LogP contribution < -0.4 is 5.32 Å². The molecule has 3 aromatic carbocycles. The minimum Gasteiger partial charge on any atom is -0.325 e. The summed E-state index contributed by atoms with van der Waals surface area (Å²) < 4.78 is 2.00. The number of aryl methyl sites for hydroxylation is 2. The number of rotatable bonds is 7. The molecule has 0 unspecified atom stereocenters. The molecule has 2 aromatic heterocycles. The lowest BCUT2D eigenvalue weighted by Gasteiger charge is -2.13. The van der Waals surface area contributed by atoms with Gasteiger partial charge >= 0.3 is 0 Å². The molecule has 0 aliphatic heterocycles. The van der Waals surface area contributed by atoms with Gasteiger partial charge in [-0.2, -0.15) is 0 Å². The quantitative estimate of drug-likeness (QED) is 0.269. The molecule has 0 aliphatic rings. The smallest absolute Gasteiger partial charge is 0.234 e. The number of amides is 1. The Bertz CT molecular complexity index is 1500. The van der Waals surface area contributed by atoms with E-state index in [4.69, 9.17) is 0 Å². The van der Waals surface area contributed by atoms with Crippen molar-refractivity contribution in [3.05, 3.63) is 108 Å². The highest BCUT2D eigenvalue weighted by Gasteiger charge is 2.18. The fourth-order valence-electron chi connectivity index (χ4n) is 3.93. The molecule has 5 aromatic rings. The highest BCUT2D eigenvalue weighted by Crippen LogP contribution is 2.30. The van der Waals surface area contributed by atoms with Crippen molar-refractivity contribution in [2.45, 2.75) is 19.0 Å². The van der Waals surface area contributed by atoms with Crippen molar-refractivity contribution in [2.75, 3.05) is 11.1 Å². The summed E-state index contributed by atoms with van der Waals surface area (Å²) in [6.07, 6.45) is 3.47. The third kappa shape index (κ3) is 5.06. The Morgan fingerprint density at radius 1 is 0.833 bits per heavy atom. The van der Waals surface area contributed by atoms with E-state index in [9.17, 15) is 4.79 Å². The minimum atomic E-state index is -0.108. The van der Waals surface area contributed by atoms with E-state index >= 15 is 0 Å². The molecule has 7 heteroatoms. The van der Waals surface area contributed by atoms with E-state index < -0.39 is 0 Å². The summed E-state index contributed by atoms with van der Waals surface area (Å²) in [4.78, 5) is 17.1. The van der Waals surface area contributed by atoms with Crippen molar-refractivity contribution in [1.29, 1.82) is 0 Å². The molecule has 0 atom stereocenters. The van der Waals surface area contributed by atoms with Gasteiger partial charge in [-0.05, 0) is 60.9 Å². The zero-order chi connectivity index (χ0) is 24.9. The number of anilines is 1. The zero-order valence-corrected chi connectivity index (χ0v) is 20.9. The van der Waals surface area contributed by atoms with Crippen molar-refractivity contribution in [2.24, 2.45) is 0 Å². The molecule has 6 nitrogen and oxygen atoms in total. The number of thioether (sulfide) groups is 1. The topological polar surface area (TPSA) is 72.7 Å². The number of benzene rings is 3. The van der Waals surface area contributed by atoms with Crippen LogP contribution in [0.25, 0.3) is 28.2 Å². The first-order valence-corrected chi connectivity index (χ1v) is 12.6. The van der Waals surface area contributed by atoms with Gasteiger partial charge in [0.1, 0.15) is 0 Å². The predicted molar refractivity (Wildman–Crippen MR) is 145 cm³/mol. The van der Waals surface area contributed by atoms with E-state index in [-0.39, 0.29) is 11.7 Å². The molecule has 0 bridgehead atoms. The fraction of sp³-hybridized carbons (Fsp3) is 0.103. The maximum Gasteiger partial charge on any atom is 0.234 e. The Morgan fingerprint density at radius 3 is 2.36 bits per heavy atom. The van der Waals surface area contributed by atoms with Crippen LogP contribution in [0.2, 0.25) is 0 Å². The third-order valence-electron chi connectivity index (χ3n) is 5.94. The molecule has 0 aliphatic carbocycles. The molecule has 0 saturated carbocycles. The van der Waals surface area contributed by atoms with Crippen LogP contribution in [0.4, 0.5) is 5.69 Å². The van der Waals surface area contributed by atoms with Crippen molar-refractivity contribution in [1.82, 2.24) is 19.7 Å². The number of para-hydroxylation sites is 1.